The van der Waals surface area contributed by atoms with Crippen LogP contribution >= 0.6 is 22.9 Å². The molecule has 1 saturated heterocycles. The molecular formula is C25H22ClNO4S. The number of methoxy groups -OCH3 is 1. The van der Waals surface area contributed by atoms with Crippen molar-refractivity contribution < 1.29 is 19.4 Å². The Morgan fingerprint density at radius 2 is 1.88 bits per heavy atom. The van der Waals surface area contributed by atoms with E-state index < -0.39 is 17.7 Å². The van der Waals surface area contributed by atoms with Gasteiger partial charge in [-0.3, -0.25) is 14.5 Å². The van der Waals surface area contributed by atoms with Crippen LogP contribution in [0.4, 0.5) is 5.69 Å². The maximum atomic E-state index is 13.3. The lowest BCUT2D eigenvalue weighted by molar-refractivity contribution is -0.132. The van der Waals surface area contributed by atoms with Gasteiger partial charge in [-0.25, -0.2) is 0 Å². The van der Waals surface area contributed by atoms with Crippen LogP contribution in [0.5, 0.6) is 5.75 Å². The number of Topliss-reactive ketones (excluding diaryl/α,β-unsaturated/α-hetero) is 1. The van der Waals surface area contributed by atoms with E-state index in [9.17, 15) is 14.7 Å². The van der Waals surface area contributed by atoms with Gasteiger partial charge >= 0.3 is 0 Å². The molecule has 32 heavy (non-hydrogen) atoms. The van der Waals surface area contributed by atoms with E-state index in [0.717, 1.165) is 21.6 Å². The number of aliphatic hydroxyl groups excluding tert-OH is 1. The number of nitrogens with zero attached hydrogens (tertiary/aromatic N) is 1. The first-order valence-electron chi connectivity index (χ1n) is 10.0. The van der Waals surface area contributed by atoms with Gasteiger partial charge in [-0.15, -0.1) is 11.3 Å². The fourth-order valence-electron chi connectivity index (χ4n) is 4.05. The summed E-state index contributed by atoms with van der Waals surface area (Å²) in [6, 6.07) is 12.0. The highest BCUT2D eigenvalue weighted by Crippen LogP contribution is 2.46. The number of amides is 1. The molecule has 2 heterocycles. The highest BCUT2D eigenvalue weighted by molar-refractivity contribution is 7.10. The molecule has 1 fully saturated rings. The zero-order valence-electron chi connectivity index (χ0n) is 18.1. The van der Waals surface area contributed by atoms with Crippen molar-refractivity contribution in [3.63, 3.8) is 0 Å². The van der Waals surface area contributed by atoms with Crippen LogP contribution in [0.2, 0.25) is 5.02 Å². The molecule has 1 N–H and O–H groups in total. The summed E-state index contributed by atoms with van der Waals surface area (Å²) in [5.74, 6) is -1.49. The Bertz CT molecular complexity index is 1260. The van der Waals surface area contributed by atoms with Crippen LogP contribution in [-0.4, -0.2) is 23.9 Å². The Balaban J connectivity index is 2.01. The first kappa shape index (κ1) is 22.1. The molecule has 7 heteroatoms. The van der Waals surface area contributed by atoms with Crippen molar-refractivity contribution in [1.29, 1.82) is 0 Å². The standard InChI is InChI=1S/C25H22ClNO4S/c1-13-11-16(24(31-4)17(26)12-13)22(28)20-21(19-9-6-10-32-19)27(25(30)23(20)29)18-8-5-7-14(2)15(18)3/h5-12,21,28H,1-4H3/b22-20-. The molecule has 1 aliphatic heterocycles. The van der Waals surface area contributed by atoms with Crippen LogP contribution < -0.4 is 9.64 Å². The van der Waals surface area contributed by atoms with Crippen LogP contribution in [0.25, 0.3) is 5.76 Å². The molecule has 0 bridgehead atoms. The molecule has 1 aromatic heterocycles. The van der Waals surface area contributed by atoms with Gasteiger partial charge < -0.3 is 9.84 Å². The molecule has 2 aromatic carbocycles. The smallest absolute Gasteiger partial charge is 0.300 e. The van der Waals surface area contributed by atoms with Crippen molar-refractivity contribution in [3.8, 4) is 5.75 Å². The SMILES string of the molecule is COc1c(Cl)cc(C)cc1/C(O)=C1/C(=O)C(=O)N(c2cccc(C)c2C)C1c1cccs1. The molecule has 1 atom stereocenters. The number of ketones is 1. The first-order chi connectivity index (χ1) is 15.3. The van der Waals surface area contributed by atoms with E-state index in [0.29, 0.717) is 10.7 Å². The second kappa shape index (κ2) is 8.45. The molecule has 0 saturated carbocycles. The summed E-state index contributed by atoms with van der Waals surface area (Å²) in [5, 5.41) is 13.6. The Kier molecular flexibility index (Phi) is 5.84. The average molecular weight is 468 g/mol. The van der Waals surface area contributed by atoms with E-state index >= 15 is 0 Å². The van der Waals surface area contributed by atoms with Gasteiger partial charge in [0.1, 0.15) is 17.6 Å². The summed E-state index contributed by atoms with van der Waals surface area (Å²) in [6.45, 7) is 5.70. The zero-order chi connectivity index (χ0) is 23.2. The molecule has 1 amide bonds. The van der Waals surface area contributed by atoms with Crippen LogP contribution in [0.3, 0.4) is 0 Å². The number of hydrogen-bond donors (Lipinski definition) is 1. The highest BCUT2D eigenvalue weighted by Gasteiger charge is 2.48. The maximum Gasteiger partial charge on any atom is 0.300 e. The third-order valence-electron chi connectivity index (χ3n) is 5.74. The quantitative estimate of drug-likeness (QED) is 0.292. The topological polar surface area (TPSA) is 66.8 Å². The lowest BCUT2D eigenvalue weighted by Crippen LogP contribution is -2.29. The predicted octanol–water partition coefficient (Wildman–Crippen LogP) is 5.96. The number of aryl methyl sites for hydroxylation is 2. The molecule has 5 nitrogen and oxygen atoms in total. The third kappa shape index (κ3) is 3.49. The van der Waals surface area contributed by atoms with Crippen LogP contribution in [0, 0.1) is 20.8 Å². The summed E-state index contributed by atoms with van der Waals surface area (Å²) in [5.41, 5.74) is 3.61. The van der Waals surface area contributed by atoms with E-state index in [1.807, 2.05) is 56.5 Å². The van der Waals surface area contributed by atoms with Crippen molar-refractivity contribution in [3.05, 3.63) is 85.6 Å². The minimum absolute atomic E-state index is 0.0123. The van der Waals surface area contributed by atoms with Crippen LogP contribution in [-0.2, 0) is 9.59 Å². The second-order valence-corrected chi connectivity index (χ2v) is 9.12. The number of thiophene rings is 1. The van der Waals surface area contributed by atoms with Gasteiger partial charge in [0, 0.05) is 10.6 Å². The summed E-state index contributed by atoms with van der Waals surface area (Å²) < 4.78 is 5.41. The van der Waals surface area contributed by atoms with Crippen LogP contribution in [0.1, 0.15) is 33.2 Å². The molecule has 0 radical (unpaired) electrons. The average Bonchev–Trinajstić information content (AvgIpc) is 3.36. The zero-order valence-corrected chi connectivity index (χ0v) is 19.7. The molecule has 164 valence electrons. The summed E-state index contributed by atoms with van der Waals surface area (Å²) >= 11 is 7.75. The van der Waals surface area contributed by atoms with E-state index in [-0.39, 0.29) is 22.6 Å². The molecule has 0 spiro atoms. The molecule has 4 rings (SSSR count). The van der Waals surface area contributed by atoms with E-state index in [2.05, 4.69) is 0 Å². The highest BCUT2D eigenvalue weighted by atomic mass is 35.5. The van der Waals surface area contributed by atoms with E-state index in [1.54, 1.807) is 12.1 Å². The van der Waals surface area contributed by atoms with Gasteiger partial charge in [0.25, 0.3) is 11.7 Å². The number of hydrogen-bond acceptors (Lipinski definition) is 5. The number of aliphatic hydroxyl groups is 1. The third-order valence-corrected chi connectivity index (χ3v) is 6.95. The summed E-state index contributed by atoms with van der Waals surface area (Å²) in [4.78, 5) is 28.8. The lowest BCUT2D eigenvalue weighted by Gasteiger charge is -2.26. The van der Waals surface area contributed by atoms with Gasteiger partial charge in [0.15, 0.2) is 0 Å². The van der Waals surface area contributed by atoms with Crippen molar-refractivity contribution in [2.75, 3.05) is 12.0 Å². The second-order valence-electron chi connectivity index (χ2n) is 7.73. The van der Waals surface area contributed by atoms with Gasteiger partial charge in [0.2, 0.25) is 0 Å². The number of carbonyl (C=O) groups excluding carboxylic acids is 2. The van der Waals surface area contributed by atoms with Gasteiger partial charge in [-0.2, -0.15) is 0 Å². The molecule has 0 aliphatic carbocycles. The van der Waals surface area contributed by atoms with Crippen LogP contribution in [0.15, 0.2) is 53.4 Å². The number of ether oxygens (including phenoxy) is 1. The Hall–Kier alpha value is -3.09. The largest absolute Gasteiger partial charge is 0.507 e. The Morgan fingerprint density at radius 1 is 1.12 bits per heavy atom. The molecular weight excluding hydrogens is 446 g/mol. The summed E-state index contributed by atoms with van der Waals surface area (Å²) in [6.07, 6.45) is 0. The fraction of sp³-hybridized carbons (Fsp3) is 0.200. The number of halogens is 1. The fourth-order valence-corrected chi connectivity index (χ4v) is 5.23. The minimum Gasteiger partial charge on any atom is -0.507 e. The van der Waals surface area contributed by atoms with E-state index in [4.69, 9.17) is 16.3 Å². The summed E-state index contributed by atoms with van der Waals surface area (Å²) in [7, 11) is 1.44. The number of benzene rings is 2. The molecule has 3 aromatic rings. The van der Waals surface area contributed by atoms with Crippen molar-refractivity contribution in [2.24, 2.45) is 0 Å². The maximum absolute atomic E-state index is 13.3. The van der Waals surface area contributed by atoms with Crippen molar-refractivity contribution in [2.45, 2.75) is 26.8 Å². The lowest BCUT2D eigenvalue weighted by atomic mass is 9.98. The Morgan fingerprint density at radius 3 is 2.53 bits per heavy atom. The monoisotopic (exact) mass is 467 g/mol. The van der Waals surface area contributed by atoms with Crippen molar-refractivity contribution >= 4 is 46.1 Å². The Labute approximate surface area is 195 Å². The normalized spacial score (nSPS) is 17.8. The molecule has 1 aliphatic rings. The van der Waals surface area contributed by atoms with Gasteiger partial charge in [-0.1, -0.05) is 29.8 Å². The molecule has 1 unspecified atom stereocenters. The van der Waals surface area contributed by atoms with Gasteiger partial charge in [0.05, 0.1) is 23.3 Å². The minimum atomic E-state index is -0.764. The first-order valence-corrected chi connectivity index (χ1v) is 11.3. The number of carbonyl (C=O) groups is 2. The number of rotatable bonds is 4. The van der Waals surface area contributed by atoms with Crippen molar-refractivity contribution in [1.82, 2.24) is 0 Å². The van der Waals surface area contributed by atoms with E-state index in [1.165, 1.54) is 23.3 Å². The predicted molar refractivity (Wildman–Crippen MR) is 128 cm³/mol. The number of anilines is 1. The van der Waals surface area contributed by atoms with Gasteiger partial charge in [-0.05, 0) is 67.1 Å².